The molecule has 0 bridgehead atoms. The number of primary amides is 1. The topological polar surface area (TPSA) is 69.4 Å². The molecule has 0 aliphatic rings. The van der Waals surface area contributed by atoms with Crippen LogP contribution in [0.2, 0.25) is 0 Å². The normalized spacial score (nSPS) is 11.7. The number of halogens is 2. The van der Waals surface area contributed by atoms with Crippen molar-refractivity contribution in [3.8, 4) is 0 Å². The van der Waals surface area contributed by atoms with E-state index >= 15 is 0 Å². The Morgan fingerprint density at radius 3 is 2.38 bits per heavy atom. The highest BCUT2D eigenvalue weighted by atomic mass is 19.1. The molecule has 1 atom stereocenters. The van der Waals surface area contributed by atoms with Gasteiger partial charge in [0, 0.05) is 5.56 Å². The molecule has 0 saturated carbocycles. The molecule has 0 spiro atoms. The monoisotopic (exact) mass is 291 g/mol. The number of rotatable bonds is 4. The lowest BCUT2D eigenvalue weighted by Gasteiger charge is -2.18. The number of ether oxygens (including phenoxy) is 1. The Morgan fingerprint density at radius 1 is 1.14 bits per heavy atom. The maximum atomic E-state index is 14.2. The predicted molar refractivity (Wildman–Crippen MR) is 70.7 cm³/mol. The number of nitrogens with two attached hydrogens (primary N) is 1. The van der Waals surface area contributed by atoms with E-state index in [0.29, 0.717) is 5.56 Å². The molecule has 2 aromatic rings. The zero-order valence-corrected chi connectivity index (χ0v) is 10.8. The summed E-state index contributed by atoms with van der Waals surface area (Å²) >= 11 is 0. The zero-order chi connectivity index (χ0) is 15.4. The number of hydrogen-bond acceptors (Lipinski definition) is 3. The number of aldehydes is 1. The second-order valence-electron chi connectivity index (χ2n) is 4.21. The minimum Gasteiger partial charge on any atom is -0.436 e. The SMILES string of the molecule is NC(=O)OC(c1ccccc1)c1ccc(F)c(C=O)c1F. The Morgan fingerprint density at radius 2 is 1.81 bits per heavy atom. The molecule has 108 valence electrons. The van der Waals surface area contributed by atoms with Crippen LogP contribution in [0, 0.1) is 11.6 Å². The highest BCUT2D eigenvalue weighted by molar-refractivity contribution is 5.76. The van der Waals surface area contributed by atoms with Gasteiger partial charge in [0.15, 0.2) is 12.4 Å². The fourth-order valence-electron chi connectivity index (χ4n) is 1.95. The number of hydrogen-bond donors (Lipinski definition) is 1. The molecule has 0 radical (unpaired) electrons. The smallest absolute Gasteiger partial charge is 0.405 e. The molecule has 1 unspecified atom stereocenters. The van der Waals surface area contributed by atoms with Crippen molar-refractivity contribution in [2.24, 2.45) is 5.73 Å². The quantitative estimate of drug-likeness (QED) is 0.880. The third-order valence-electron chi connectivity index (χ3n) is 2.89. The van der Waals surface area contributed by atoms with E-state index in [1.807, 2.05) is 0 Å². The van der Waals surface area contributed by atoms with Gasteiger partial charge in [-0.3, -0.25) is 4.79 Å². The Kier molecular flexibility index (Phi) is 4.27. The Labute approximate surface area is 119 Å². The molecule has 4 nitrogen and oxygen atoms in total. The summed E-state index contributed by atoms with van der Waals surface area (Å²) in [4.78, 5) is 21.8. The van der Waals surface area contributed by atoms with E-state index in [0.717, 1.165) is 12.1 Å². The number of carbonyl (C=O) groups excluding carboxylic acids is 2. The first-order valence-corrected chi connectivity index (χ1v) is 5.98. The van der Waals surface area contributed by atoms with Gasteiger partial charge in [-0.05, 0) is 17.7 Å². The van der Waals surface area contributed by atoms with Crippen molar-refractivity contribution in [1.29, 1.82) is 0 Å². The molecule has 2 aromatic carbocycles. The Bertz CT molecular complexity index is 674. The van der Waals surface area contributed by atoms with Crippen LogP contribution in [0.1, 0.15) is 27.6 Å². The van der Waals surface area contributed by atoms with Crippen LogP contribution >= 0.6 is 0 Å². The van der Waals surface area contributed by atoms with E-state index < -0.39 is 29.4 Å². The van der Waals surface area contributed by atoms with Gasteiger partial charge in [-0.15, -0.1) is 0 Å². The summed E-state index contributed by atoms with van der Waals surface area (Å²) in [6, 6.07) is 10.3. The van der Waals surface area contributed by atoms with E-state index in [1.54, 1.807) is 30.3 Å². The maximum absolute atomic E-state index is 14.2. The van der Waals surface area contributed by atoms with Gasteiger partial charge in [0.05, 0.1) is 5.56 Å². The van der Waals surface area contributed by atoms with Gasteiger partial charge in [-0.2, -0.15) is 0 Å². The van der Waals surface area contributed by atoms with Crippen molar-refractivity contribution in [2.45, 2.75) is 6.10 Å². The molecule has 2 rings (SSSR count). The van der Waals surface area contributed by atoms with Crippen LogP contribution in [-0.4, -0.2) is 12.4 Å². The zero-order valence-electron chi connectivity index (χ0n) is 10.8. The Balaban J connectivity index is 2.57. The van der Waals surface area contributed by atoms with Crippen molar-refractivity contribution in [2.75, 3.05) is 0 Å². The third kappa shape index (κ3) is 3.05. The molecule has 0 fully saturated rings. The fourth-order valence-corrected chi connectivity index (χ4v) is 1.95. The fraction of sp³-hybridized carbons (Fsp3) is 0.0667. The summed E-state index contributed by atoms with van der Waals surface area (Å²) in [6.07, 6.45) is -2.20. The number of amides is 1. The average molecular weight is 291 g/mol. The van der Waals surface area contributed by atoms with Gasteiger partial charge in [0.2, 0.25) is 0 Å². The minimum atomic E-state index is -1.16. The Hall–Kier alpha value is -2.76. The van der Waals surface area contributed by atoms with Crippen molar-refractivity contribution in [1.82, 2.24) is 0 Å². The summed E-state index contributed by atoms with van der Waals surface area (Å²) in [7, 11) is 0. The number of carbonyl (C=O) groups is 2. The van der Waals surface area contributed by atoms with E-state index in [9.17, 15) is 18.4 Å². The molecular formula is C15H11F2NO3. The van der Waals surface area contributed by atoms with Crippen molar-refractivity contribution >= 4 is 12.4 Å². The molecule has 0 saturated heterocycles. The van der Waals surface area contributed by atoms with E-state index in [1.165, 1.54) is 0 Å². The molecule has 0 aromatic heterocycles. The highest BCUT2D eigenvalue weighted by Gasteiger charge is 2.24. The molecule has 0 aliphatic heterocycles. The first-order chi connectivity index (χ1) is 10.0. The van der Waals surface area contributed by atoms with Crippen LogP contribution in [0.3, 0.4) is 0 Å². The molecule has 21 heavy (non-hydrogen) atoms. The first kappa shape index (κ1) is 14.6. The molecular weight excluding hydrogens is 280 g/mol. The number of benzene rings is 2. The summed E-state index contributed by atoms with van der Waals surface area (Å²) in [5.41, 5.74) is 4.56. The molecule has 0 aliphatic carbocycles. The molecule has 2 N–H and O–H groups in total. The maximum Gasteiger partial charge on any atom is 0.405 e. The van der Waals surface area contributed by atoms with E-state index in [2.05, 4.69) is 0 Å². The summed E-state index contributed by atoms with van der Waals surface area (Å²) in [6.45, 7) is 0. The van der Waals surface area contributed by atoms with Crippen molar-refractivity contribution in [3.63, 3.8) is 0 Å². The molecule has 6 heteroatoms. The summed E-state index contributed by atoms with van der Waals surface area (Å²) in [5.74, 6) is -2.07. The van der Waals surface area contributed by atoms with E-state index in [-0.39, 0.29) is 11.8 Å². The molecule has 1 amide bonds. The van der Waals surface area contributed by atoms with Crippen molar-refractivity contribution in [3.05, 3.63) is 70.8 Å². The lowest BCUT2D eigenvalue weighted by molar-refractivity contribution is 0.111. The van der Waals surface area contributed by atoms with Crippen LogP contribution in [-0.2, 0) is 4.74 Å². The largest absolute Gasteiger partial charge is 0.436 e. The van der Waals surface area contributed by atoms with Gasteiger partial charge < -0.3 is 10.5 Å². The molecule has 0 heterocycles. The van der Waals surface area contributed by atoms with Crippen LogP contribution in [0.5, 0.6) is 0 Å². The average Bonchev–Trinajstić information content (AvgIpc) is 2.47. The van der Waals surface area contributed by atoms with Gasteiger partial charge >= 0.3 is 6.09 Å². The summed E-state index contributed by atoms with van der Waals surface area (Å²) in [5, 5.41) is 0. The predicted octanol–water partition coefficient (Wildman–Crippen LogP) is 2.96. The first-order valence-electron chi connectivity index (χ1n) is 5.98. The van der Waals surface area contributed by atoms with Crippen molar-refractivity contribution < 1.29 is 23.1 Å². The lowest BCUT2D eigenvalue weighted by atomic mass is 9.98. The van der Waals surface area contributed by atoms with Crippen LogP contribution in [0.25, 0.3) is 0 Å². The highest BCUT2D eigenvalue weighted by Crippen LogP contribution is 2.29. The van der Waals surface area contributed by atoms with Crippen LogP contribution in [0.15, 0.2) is 42.5 Å². The van der Waals surface area contributed by atoms with Crippen LogP contribution < -0.4 is 5.73 Å². The lowest BCUT2D eigenvalue weighted by Crippen LogP contribution is -2.19. The van der Waals surface area contributed by atoms with Gasteiger partial charge in [0.1, 0.15) is 11.6 Å². The van der Waals surface area contributed by atoms with Crippen LogP contribution in [0.4, 0.5) is 13.6 Å². The second-order valence-corrected chi connectivity index (χ2v) is 4.21. The standard InChI is InChI=1S/C15H11F2NO3/c16-12-7-6-10(13(17)11(12)8-19)14(21-15(18)20)9-4-2-1-3-5-9/h1-8,14H,(H2,18,20). The van der Waals surface area contributed by atoms with E-state index in [4.69, 9.17) is 10.5 Å². The summed E-state index contributed by atoms with van der Waals surface area (Å²) < 4.78 is 32.5. The van der Waals surface area contributed by atoms with Gasteiger partial charge in [0.25, 0.3) is 0 Å². The third-order valence-corrected chi connectivity index (χ3v) is 2.89. The van der Waals surface area contributed by atoms with Gasteiger partial charge in [-0.25, -0.2) is 13.6 Å². The second kappa shape index (κ2) is 6.13. The van der Waals surface area contributed by atoms with Gasteiger partial charge in [-0.1, -0.05) is 30.3 Å². The minimum absolute atomic E-state index is 0.0699.